The summed E-state index contributed by atoms with van der Waals surface area (Å²) >= 11 is 0. The Morgan fingerprint density at radius 3 is 2.46 bits per heavy atom. The van der Waals surface area contributed by atoms with Gasteiger partial charge in [0.2, 0.25) is 0 Å². The van der Waals surface area contributed by atoms with Crippen LogP contribution >= 0.6 is 0 Å². The Labute approximate surface area is 75.2 Å². The molecular formula is C9H10FNO2. The summed E-state index contributed by atoms with van der Waals surface area (Å²) in [6.45, 7) is -0.201. The molecule has 0 aliphatic heterocycles. The molecule has 3 nitrogen and oxygen atoms in total. The summed E-state index contributed by atoms with van der Waals surface area (Å²) in [5.41, 5.74) is 0.952. The van der Waals surface area contributed by atoms with Gasteiger partial charge in [-0.25, -0.2) is 9.18 Å². The predicted octanol–water partition coefficient (Wildman–Crippen LogP) is 1.77. The quantitative estimate of drug-likeness (QED) is 0.747. The molecule has 70 valence electrons. The molecule has 0 fully saturated rings. The lowest BCUT2D eigenvalue weighted by Gasteiger charge is -2.02. The number of nitrogens with one attached hydrogen (secondary N) is 1. The monoisotopic (exact) mass is 183 g/mol. The molecule has 0 atom stereocenters. The lowest BCUT2D eigenvalue weighted by atomic mass is 10.2. The van der Waals surface area contributed by atoms with Crippen molar-refractivity contribution in [1.82, 2.24) is 0 Å². The predicted molar refractivity (Wildman–Crippen MR) is 47.9 cm³/mol. The molecule has 13 heavy (non-hydrogen) atoms. The third kappa shape index (κ3) is 2.74. The van der Waals surface area contributed by atoms with E-state index in [-0.39, 0.29) is 12.1 Å². The highest BCUT2D eigenvalue weighted by Gasteiger charge is 2.00. The zero-order valence-corrected chi connectivity index (χ0v) is 6.96. The molecule has 0 aliphatic carbocycles. The molecule has 0 bridgehead atoms. The van der Waals surface area contributed by atoms with E-state index in [1.165, 1.54) is 12.1 Å². The zero-order chi connectivity index (χ0) is 9.68. The second-order valence-electron chi connectivity index (χ2n) is 2.50. The van der Waals surface area contributed by atoms with Crippen LogP contribution in [-0.4, -0.2) is 24.3 Å². The number of alkyl halides is 1. The van der Waals surface area contributed by atoms with Gasteiger partial charge in [-0.15, -0.1) is 0 Å². The molecule has 0 spiro atoms. The summed E-state index contributed by atoms with van der Waals surface area (Å²) in [4.78, 5) is 10.4. The van der Waals surface area contributed by atoms with Crippen LogP contribution in [0.4, 0.5) is 10.1 Å². The molecule has 0 aromatic heterocycles. The molecule has 0 aliphatic rings. The fourth-order valence-electron chi connectivity index (χ4n) is 0.922. The molecule has 0 saturated carbocycles. The molecule has 0 amide bonds. The lowest BCUT2D eigenvalue weighted by molar-refractivity contribution is 0.0697. The minimum Gasteiger partial charge on any atom is -0.478 e. The minimum absolute atomic E-state index is 0.228. The van der Waals surface area contributed by atoms with E-state index < -0.39 is 12.6 Å². The van der Waals surface area contributed by atoms with Crippen molar-refractivity contribution in [2.24, 2.45) is 0 Å². The highest BCUT2D eigenvalue weighted by atomic mass is 19.1. The number of hydrogen-bond donors (Lipinski definition) is 2. The fourth-order valence-corrected chi connectivity index (χ4v) is 0.922. The largest absolute Gasteiger partial charge is 0.478 e. The van der Waals surface area contributed by atoms with Crippen molar-refractivity contribution in [3.8, 4) is 0 Å². The van der Waals surface area contributed by atoms with Crippen molar-refractivity contribution < 1.29 is 14.3 Å². The van der Waals surface area contributed by atoms with E-state index in [1.807, 2.05) is 0 Å². The van der Waals surface area contributed by atoms with E-state index in [0.29, 0.717) is 0 Å². The Balaban J connectivity index is 2.64. The average molecular weight is 183 g/mol. The summed E-state index contributed by atoms with van der Waals surface area (Å²) in [5.74, 6) is -0.961. The third-order valence-corrected chi connectivity index (χ3v) is 1.56. The van der Waals surface area contributed by atoms with E-state index in [9.17, 15) is 9.18 Å². The van der Waals surface area contributed by atoms with Gasteiger partial charge in [-0.1, -0.05) is 0 Å². The number of aromatic carboxylic acids is 1. The Bertz CT molecular complexity index is 284. The average Bonchev–Trinajstić information content (AvgIpc) is 2.15. The first-order valence-corrected chi connectivity index (χ1v) is 3.87. The van der Waals surface area contributed by atoms with Crippen LogP contribution in [0.25, 0.3) is 0 Å². The Kier molecular flexibility index (Phi) is 3.25. The number of halogens is 1. The Hall–Kier alpha value is -1.58. The van der Waals surface area contributed by atoms with Crippen molar-refractivity contribution in [3.05, 3.63) is 29.8 Å². The van der Waals surface area contributed by atoms with Gasteiger partial charge >= 0.3 is 5.97 Å². The Morgan fingerprint density at radius 2 is 2.00 bits per heavy atom. The number of carbonyl (C=O) groups is 1. The second kappa shape index (κ2) is 4.45. The van der Waals surface area contributed by atoms with Gasteiger partial charge in [0.05, 0.1) is 5.56 Å². The van der Waals surface area contributed by atoms with Gasteiger partial charge in [-0.05, 0) is 24.3 Å². The van der Waals surface area contributed by atoms with E-state index >= 15 is 0 Å². The maximum Gasteiger partial charge on any atom is 0.335 e. The van der Waals surface area contributed by atoms with Crippen LogP contribution in [0.2, 0.25) is 0 Å². The van der Waals surface area contributed by atoms with E-state index in [2.05, 4.69) is 5.32 Å². The van der Waals surface area contributed by atoms with Gasteiger partial charge in [0.1, 0.15) is 6.67 Å². The van der Waals surface area contributed by atoms with Gasteiger partial charge in [0.15, 0.2) is 0 Å². The van der Waals surface area contributed by atoms with Crippen LogP contribution < -0.4 is 5.32 Å². The maximum atomic E-state index is 11.7. The van der Waals surface area contributed by atoms with Gasteiger partial charge in [-0.3, -0.25) is 0 Å². The first-order valence-electron chi connectivity index (χ1n) is 3.87. The standard InChI is InChI=1S/C9H10FNO2/c10-5-6-11-8-3-1-7(2-4-8)9(12)13/h1-4,11H,5-6H2,(H,12,13). The SMILES string of the molecule is O=C(O)c1ccc(NCCF)cc1. The molecule has 1 aromatic carbocycles. The smallest absolute Gasteiger partial charge is 0.335 e. The van der Waals surface area contributed by atoms with E-state index in [4.69, 9.17) is 5.11 Å². The molecule has 1 aromatic rings. The van der Waals surface area contributed by atoms with Crippen LogP contribution in [0.5, 0.6) is 0 Å². The van der Waals surface area contributed by atoms with Gasteiger partial charge < -0.3 is 10.4 Å². The summed E-state index contributed by atoms with van der Waals surface area (Å²) < 4.78 is 11.7. The van der Waals surface area contributed by atoms with Crippen molar-refractivity contribution >= 4 is 11.7 Å². The number of benzene rings is 1. The molecule has 4 heteroatoms. The van der Waals surface area contributed by atoms with E-state index in [0.717, 1.165) is 5.69 Å². The van der Waals surface area contributed by atoms with Crippen LogP contribution in [0, 0.1) is 0 Å². The summed E-state index contributed by atoms with van der Waals surface area (Å²) in [5, 5.41) is 11.4. The van der Waals surface area contributed by atoms with Gasteiger partial charge in [0.25, 0.3) is 0 Å². The number of carboxylic acids is 1. The molecule has 0 radical (unpaired) electrons. The molecule has 0 unspecified atom stereocenters. The summed E-state index contributed by atoms with van der Waals surface area (Å²) in [6.07, 6.45) is 0. The highest BCUT2D eigenvalue weighted by molar-refractivity contribution is 5.87. The fraction of sp³-hybridized carbons (Fsp3) is 0.222. The normalized spacial score (nSPS) is 9.62. The van der Waals surface area contributed by atoms with Crippen LogP contribution in [-0.2, 0) is 0 Å². The molecular weight excluding hydrogens is 173 g/mol. The maximum absolute atomic E-state index is 11.7. The van der Waals surface area contributed by atoms with Crippen molar-refractivity contribution in [2.75, 3.05) is 18.5 Å². The molecule has 0 saturated heterocycles. The molecule has 1 rings (SSSR count). The number of rotatable bonds is 4. The molecule has 0 heterocycles. The lowest BCUT2D eigenvalue weighted by Crippen LogP contribution is -2.03. The Morgan fingerprint density at radius 1 is 1.38 bits per heavy atom. The number of anilines is 1. The van der Waals surface area contributed by atoms with E-state index in [1.54, 1.807) is 12.1 Å². The summed E-state index contributed by atoms with van der Waals surface area (Å²) in [7, 11) is 0. The van der Waals surface area contributed by atoms with Crippen molar-refractivity contribution in [2.45, 2.75) is 0 Å². The number of carboxylic acid groups (broad SMARTS) is 1. The topological polar surface area (TPSA) is 49.3 Å². The van der Waals surface area contributed by atoms with Crippen LogP contribution in [0.1, 0.15) is 10.4 Å². The number of hydrogen-bond acceptors (Lipinski definition) is 2. The van der Waals surface area contributed by atoms with Crippen molar-refractivity contribution in [1.29, 1.82) is 0 Å². The minimum atomic E-state index is -0.961. The first-order chi connectivity index (χ1) is 6.24. The third-order valence-electron chi connectivity index (χ3n) is 1.56. The van der Waals surface area contributed by atoms with Crippen LogP contribution in [0.15, 0.2) is 24.3 Å². The second-order valence-corrected chi connectivity index (χ2v) is 2.50. The zero-order valence-electron chi connectivity index (χ0n) is 6.96. The summed E-state index contributed by atoms with van der Waals surface area (Å²) in [6, 6.07) is 6.17. The highest BCUT2D eigenvalue weighted by Crippen LogP contribution is 2.08. The van der Waals surface area contributed by atoms with Gasteiger partial charge in [-0.2, -0.15) is 0 Å². The van der Waals surface area contributed by atoms with Crippen molar-refractivity contribution in [3.63, 3.8) is 0 Å². The molecule has 2 N–H and O–H groups in total. The van der Waals surface area contributed by atoms with Crippen LogP contribution in [0.3, 0.4) is 0 Å². The van der Waals surface area contributed by atoms with Gasteiger partial charge in [0, 0.05) is 12.2 Å². The first kappa shape index (κ1) is 9.51.